The molecule has 1 saturated heterocycles. The average Bonchev–Trinajstić information content (AvgIpc) is 3.40. The van der Waals surface area contributed by atoms with Gasteiger partial charge >= 0.3 is 0 Å². The normalized spacial score (nSPS) is 15.8. The maximum Gasteiger partial charge on any atom is 0.0648 e. The van der Waals surface area contributed by atoms with E-state index < -0.39 is 0 Å². The van der Waals surface area contributed by atoms with Crippen LogP contribution in [0.3, 0.4) is 0 Å². The zero-order valence-electron chi connectivity index (χ0n) is 17.3. The summed E-state index contributed by atoms with van der Waals surface area (Å²) in [6.45, 7) is 5.49. The number of aromatic amines is 1. The lowest BCUT2D eigenvalue weighted by Gasteiger charge is -2.31. The molecule has 1 fully saturated rings. The minimum absolute atomic E-state index is 0.609. The Kier molecular flexibility index (Phi) is 5.36. The number of H-pyrrole nitrogens is 1. The summed E-state index contributed by atoms with van der Waals surface area (Å²) in [5.74, 6) is 0.609. The number of aromatic nitrogens is 3. The Hall–Kier alpha value is -2.56. The monoisotopic (exact) mass is 418 g/mol. The molecule has 30 heavy (non-hydrogen) atoms. The number of hydrogen-bond donors (Lipinski definition) is 1. The van der Waals surface area contributed by atoms with Crippen molar-refractivity contribution < 1.29 is 0 Å². The van der Waals surface area contributed by atoms with Crippen LogP contribution in [0.1, 0.15) is 35.4 Å². The van der Waals surface area contributed by atoms with E-state index in [0.29, 0.717) is 5.92 Å². The van der Waals surface area contributed by atoms with E-state index in [9.17, 15) is 0 Å². The second-order valence-electron chi connectivity index (χ2n) is 8.43. The summed E-state index contributed by atoms with van der Waals surface area (Å²) in [4.78, 5) is 5.99. The maximum absolute atomic E-state index is 6.23. The number of piperidine rings is 1. The lowest BCUT2D eigenvalue weighted by molar-refractivity contribution is 0.215. The zero-order chi connectivity index (χ0) is 20.5. The summed E-state index contributed by atoms with van der Waals surface area (Å²) in [5.41, 5.74) is 6.28. The quantitative estimate of drug-likeness (QED) is 0.448. The van der Waals surface area contributed by atoms with E-state index in [-0.39, 0.29) is 0 Å². The molecular formula is C25H27ClN4. The standard InChI is InChI=1S/C25H27ClN4/c1-18-3-2-4-22(13-18)30-17-19(15-28-30)7-10-29-11-8-20(9-12-29)24-16-27-25-6-5-21(26)14-23(24)25/h2-6,13-17,20,27H,7-12H2,1H3. The SMILES string of the molecule is Cc1cccc(-n2cc(CCN3CCC(c4c[nH]c5ccc(Cl)cc45)CC3)cn2)c1. The molecule has 0 amide bonds. The van der Waals surface area contributed by atoms with Crippen LogP contribution < -0.4 is 0 Å². The Bertz CT molecular complexity index is 1150. The molecule has 2 aromatic heterocycles. The van der Waals surface area contributed by atoms with Crippen LogP contribution in [-0.2, 0) is 6.42 Å². The Morgan fingerprint density at radius 1 is 1.13 bits per heavy atom. The molecule has 3 heterocycles. The minimum atomic E-state index is 0.609. The van der Waals surface area contributed by atoms with Crippen molar-refractivity contribution in [3.05, 3.63) is 82.8 Å². The van der Waals surface area contributed by atoms with E-state index in [4.69, 9.17) is 11.6 Å². The average molecular weight is 419 g/mol. The maximum atomic E-state index is 6.23. The van der Waals surface area contributed by atoms with Gasteiger partial charge in [0.05, 0.1) is 11.9 Å². The van der Waals surface area contributed by atoms with Crippen LogP contribution in [-0.4, -0.2) is 39.3 Å². The van der Waals surface area contributed by atoms with Gasteiger partial charge in [0.15, 0.2) is 0 Å². The first-order chi connectivity index (χ1) is 14.7. The Labute approximate surface area is 182 Å². The molecule has 154 valence electrons. The summed E-state index contributed by atoms with van der Waals surface area (Å²) in [7, 11) is 0. The number of benzene rings is 2. The second kappa shape index (κ2) is 8.29. The third-order valence-electron chi connectivity index (χ3n) is 6.32. The van der Waals surface area contributed by atoms with E-state index in [1.165, 1.54) is 40.4 Å². The summed E-state index contributed by atoms with van der Waals surface area (Å²) < 4.78 is 1.98. The van der Waals surface area contributed by atoms with Crippen molar-refractivity contribution in [2.45, 2.75) is 32.1 Å². The molecule has 5 heteroatoms. The highest BCUT2D eigenvalue weighted by atomic mass is 35.5. The van der Waals surface area contributed by atoms with Gasteiger partial charge in [-0.1, -0.05) is 23.7 Å². The Morgan fingerprint density at radius 3 is 2.83 bits per heavy atom. The van der Waals surface area contributed by atoms with Gasteiger partial charge in [0.2, 0.25) is 0 Å². The van der Waals surface area contributed by atoms with E-state index in [1.807, 2.05) is 16.9 Å². The molecular weight excluding hydrogens is 392 g/mol. The largest absolute Gasteiger partial charge is 0.361 e. The minimum Gasteiger partial charge on any atom is -0.361 e. The number of likely N-dealkylation sites (tertiary alicyclic amines) is 1. The summed E-state index contributed by atoms with van der Waals surface area (Å²) in [6.07, 6.45) is 9.78. The first kappa shape index (κ1) is 19.4. The van der Waals surface area contributed by atoms with Crippen molar-refractivity contribution in [3.63, 3.8) is 0 Å². The Morgan fingerprint density at radius 2 is 2.00 bits per heavy atom. The molecule has 1 aliphatic heterocycles. The van der Waals surface area contributed by atoms with Crippen molar-refractivity contribution in [2.75, 3.05) is 19.6 Å². The lowest BCUT2D eigenvalue weighted by atomic mass is 9.89. The van der Waals surface area contributed by atoms with E-state index in [2.05, 4.69) is 70.7 Å². The van der Waals surface area contributed by atoms with Gasteiger partial charge in [-0.05, 0) is 92.2 Å². The van der Waals surface area contributed by atoms with Gasteiger partial charge in [-0.15, -0.1) is 0 Å². The van der Waals surface area contributed by atoms with Crippen LogP contribution in [0.5, 0.6) is 0 Å². The van der Waals surface area contributed by atoms with Crippen LogP contribution in [0, 0.1) is 6.92 Å². The highest BCUT2D eigenvalue weighted by molar-refractivity contribution is 6.31. The predicted molar refractivity (Wildman–Crippen MR) is 124 cm³/mol. The molecule has 0 unspecified atom stereocenters. The van der Waals surface area contributed by atoms with Gasteiger partial charge in [0.1, 0.15) is 0 Å². The third kappa shape index (κ3) is 4.03. The number of aryl methyl sites for hydroxylation is 1. The highest BCUT2D eigenvalue weighted by Gasteiger charge is 2.22. The van der Waals surface area contributed by atoms with Gasteiger partial charge in [-0.25, -0.2) is 4.68 Å². The van der Waals surface area contributed by atoms with Crippen molar-refractivity contribution in [3.8, 4) is 5.69 Å². The predicted octanol–water partition coefficient (Wildman–Crippen LogP) is 5.74. The molecule has 1 N–H and O–H groups in total. The molecule has 0 radical (unpaired) electrons. The number of nitrogens with zero attached hydrogens (tertiary/aromatic N) is 3. The fourth-order valence-electron chi connectivity index (χ4n) is 4.61. The van der Waals surface area contributed by atoms with E-state index in [1.54, 1.807) is 0 Å². The molecule has 5 rings (SSSR count). The first-order valence-corrected chi connectivity index (χ1v) is 11.1. The van der Waals surface area contributed by atoms with Gasteiger partial charge in [0.25, 0.3) is 0 Å². The number of nitrogens with one attached hydrogen (secondary N) is 1. The zero-order valence-corrected chi connectivity index (χ0v) is 18.1. The van der Waals surface area contributed by atoms with Crippen LogP contribution in [0.15, 0.2) is 61.1 Å². The number of rotatable bonds is 5. The van der Waals surface area contributed by atoms with Crippen LogP contribution >= 0.6 is 11.6 Å². The van der Waals surface area contributed by atoms with Gasteiger partial charge < -0.3 is 9.88 Å². The van der Waals surface area contributed by atoms with Crippen molar-refractivity contribution in [2.24, 2.45) is 0 Å². The molecule has 0 bridgehead atoms. The van der Waals surface area contributed by atoms with Crippen LogP contribution in [0.4, 0.5) is 0 Å². The van der Waals surface area contributed by atoms with Gasteiger partial charge in [-0.3, -0.25) is 0 Å². The summed E-state index contributed by atoms with van der Waals surface area (Å²) >= 11 is 6.23. The van der Waals surface area contributed by atoms with Gasteiger partial charge in [-0.2, -0.15) is 5.10 Å². The Balaban J connectivity index is 1.17. The molecule has 1 aliphatic rings. The topological polar surface area (TPSA) is 36.9 Å². The van der Waals surface area contributed by atoms with Crippen molar-refractivity contribution in [1.29, 1.82) is 0 Å². The molecule has 2 aromatic carbocycles. The first-order valence-electron chi connectivity index (χ1n) is 10.8. The fraction of sp³-hybridized carbons (Fsp3) is 0.320. The van der Waals surface area contributed by atoms with Crippen molar-refractivity contribution in [1.82, 2.24) is 19.7 Å². The van der Waals surface area contributed by atoms with E-state index >= 15 is 0 Å². The third-order valence-corrected chi connectivity index (χ3v) is 6.56. The highest BCUT2D eigenvalue weighted by Crippen LogP contribution is 2.34. The molecule has 0 aliphatic carbocycles. The van der Waals surface area contributed by atoms with E-state index in [0.717, 1.165) is 36.8 Å². The molecule has 4 nitrogen and oxygen atoms in total. The summed E-state index contributed by atoms with van der Waals surface area (Å²) in [5, 5.41) is 6.65. The summed E-state index contributed by atoms with van der Waals surface area (Å²) in [6, 6.07) is 14.6. The molecule has 0 atom stereocenters. The fourth-order valence-corrected chi connectivity index (χ4v) is 4.78. The lowest BCUT2D eigenvalue weighted by Crippen LogP contribution is -2.34. The number of fused-ring (bicyclic) bond motifs is 1. The number of halogens is 1. The second-order valence-corrected chi connectivity index (χ2v) is 8.87. The number of hydrogen-bond acceptors (Lipinski definition) is 2. The van der Waals surface area contributed by atoms with Crippen molar-refractivity contribution >= 4 is 22.5 Å². The van der Waals surface area contributed by atoms with Crippen LogP contribution in [0.2, 0.25) is 5.02 Å². The van der Waals surface area contributed by atoms with Crippen LogP contribution in [0.25, 0.3) is 16.6 Å². The molecule has 4 aromatic rings. The molecule has 0 saturated carbocycles. The van der Waals surface area contributed by atoms with Gasteiger partial charge in [0, 0.05) is 34.9 Å². The smallest absolute Gasteiger partial charge is 0.0648 e. The molecule has 0 spiro atoms.